The Hall–Kier alpha value is -2.62. The van der Waals surface area contributed by atoms with E-state index in [1.165, 1.54) is 0 Å². The summed E-state index contributed by atoms with van der Waals surface area (Å²) < 4.78 is 5.01. The van der Waals surface area contributed by atoms with Crippen molar-refractivity contribution in [2.75, 3.05) is 11.9 Å². The molecule has 2 aromatic carbocycles. The highest BCUT2D eigenvalue weighted by atomic mass is 16.5. The minimum absolute atomic E-state index is 0.164. The molecule has 0 unspecified atom stereocenters. The fourth-order valence-corrected chi connectivity index (χ4v) is 2.11. The smallest absolute Gasteiger partial charge is 0.340 e. The Morgan fingerprint density at radius 2 is 1.68 bits per heavy atom. The Bertz CT molecular complexity index is 652. The third-order valence-electron chi connectivity index (χ3n) is 3.37. The van der Waals surface area contributed by atoms with Crippen LogP contribution in [0.3, 0.4) is 0 Å². The number of nitrogens with one attached hydrogen (secondary N) is 1. The third kappa shape index (κ3) is 3.73. The summed E-state index contributed by atoms with van der Waals surface area (Å²) in [5.41, 5.74) is 1.75. The predicted molar refractivity (Wildman–Crippen MR) is 85.9 cm³/mol. The number of hydrogen-bond acceptors (Lipinski definition) is 3. The van der Waals surface area contributed by atoms with Gasteiger partial charge in [0, 0.05) is 0 Å². The van der Waals surface area contributed by atoms with Crippen molar-refractivity contribution in [2.24, 2.45) is 0 Å². The molecule has 1 atom stereocenters. The fourth-order valence-electron chi connectivity index (χ4n) is 2.11. The van der Waals surface area contributed by atoms with E-state index in [1.807, 2.05) is 37.3 Å². The highest BCUT2D eigenvalue weighted by Gasteiger charge is 2.18. The molecule has 0 aromatic heterocycles. The van der Waals surface area contributed by atoms with Crippen LogP contribution in [0.2, 0.25) is 0 Å². The van der Waals surface area contributed by atoms with Crippen molar-refractivity contribution in [3.05, 3.63) is 65.7 Å². The monoisotopic (exact) mass is 297 g/mol. The van der Waals surface area contributed by atoms with E-state index in [1.54, 1.807) is 31.2 Å². The lowest BCUT2D eigenvalue weighted by atomic mass is 10.0. The Morgan fingerprint density at radius 3 is 2.36 bits per heavy atom. The van der Waals surface area contributed by atoms with Crippen LogP contribution in [-0.4, -0.2) is 18.5 Å². The average Bonchev–Trinajstić information content (AvgIpc) is 2.55. The van der Waals surface area contributed by atoms with Crippen LogP contribution < -0.4 is 5.32 Å². The molecule has 114 valence electrons. The summed E-state index contributed by atoms with van der Waals surface area (Å²) in [5.74, 6) is -0.912. The molecule has 1 amide bonds. The molecule has 4 nitrogen and oxygen atoms in total. The molecular formula is C18H19NO3. The summed E-state index contributed by atoms with van der Waals surface area (Å²) in [7, 11) is 0. The van der Waals surface area contributed by atoms with Crippen LogP contribution in [-0.2, 0) is 9.53 Å². The van der Waals surface area contributed by atoms with E-state index in [0.717, 1.165) is 5.56 Å². The van der Waals surface area contributed by atoms with Gasteiger partial charge in [-0.05, 0) is 31.5 Å². The van der Waals surface area contributed by atoms with Gasteiger partial charge in [-0.1, -0.05) is 42.5 Å². The third-order valence-corrected chi connectivity index (χ3v) is 3.37. The minimum atomic E-state index is -0.439. The van der Waals surface area contributed by atoms with Crippen molar-refractivity contribution in [3.63, 3.8) is 0 Å². The van der Waals surface area contributed by atoms with Crippen molar-refractivity contribution < 1.29 is 14.3 Å². The summed E-state index contributed by atoms with van der Waals surface area (Å²) >= 11 is 0. The van der Waals surface area contributed by atoms with Crippen LogP contribution in [0.5, 0.6) is 0 Å². The van der Waals surface area contributed by atoms with Crippen LogP contribution >= 0.6 is 0 Å². The van der Waals surface area contributed by atoms with Gasteiger partial charge in [-0.2, -0.15) is 0 Å². The van der Waals surface area contributed by atoms with E-state index in [0.29, 0.717) is 17.9 Å². The van der Waals surface area contributed by atoms with E-state index in [9.17, 15) is 9.59 Å². The molecule has 1 N–H and O–H groups in total. The molecule has 0 heterocycles. The fraction of sp³-hybridized carbons (Fsp3) is 0.222. The largest absolute Gasteiger partial charge is 0.462 e. The maximum absolute atomic E-state index is 12.4. The number of anilines is 1. The topological polar surface area (TPSA) is 55.4 Å². The first-order valence-electron chi connectivity index (χ1n) is 7.25. The first kappa shape index (κ1) is 15.8. The summed E-state index contributed by atoms with van der Waals surface area (Å²) in [5, 5.41) is 2.81. The second kappa shape index (κ2) is 7.41. The van der Waals surface area contributed by atoms with Gasteiger partial charge in [-0.3, -0.25) is 4.79 Å². The van der Waals surface area contributed by atoms with Crippen LogP contribution in [0.15, 0.2) is 54.6 Å². The molecule has 0 radical (unpaired) electrons. The molecule has 2 aromatic rings. The van der Waals surface area contributed by atoms with Gasteiger partial charge in [-0.15, -0.1) is 0 Å². The van der Waals surface area contributed by atoms with E-state index >= 15 is 0 Å². The van der Waals surface area contributed by atoms with E-state index in [2.05, 4.69) is 5.32 Å². The number of carbonyl (C=O) groups is 2. The van der Waals surface area contributed by atoms with Crippen LogP contribution in [0.25, 0.3) is 0 Å². The Morgan fingerprint density at radius 1 is 1.05 bits per heavy atom. The van der Waals surface area contributed by atoms with Gasteiger partial charge < -0.3 is 10.1 Å². The zero-order valence-corrected chi connectivity index (χ0v) is 12.7. The van der Waals surface area contributed by atoms with Gasteiger partial charge in [0.15, 0.2) is 0 Å². The number of carbonyl (C=O) groups excluding carboxylic acids is 2. The zero-order chi connectivity index (χ0) is 15.9. The van der Waals surface area contributed by atoms with Gasteiger partial charge in [-0.25, -0.2) is 4.79 Å². The quantitative estimate of drug-likeness (QED) is 0.858. The Balaban J connectivity index is 2.17. The summed E-state index contributed by atoms with van der Waals surface area (Å²) in [4.78, 5) is 24.3. The Kier molecular flexibility index (Phi) is 5.31. The standard InChI is InChI=1S/C18H19NO3/c1-3-22-18(21)15-11-7-8-12-16(15)19-17(20)13(2)14-9-5-4-6-10-14/h4-13H,3H2,1-2H3,(H,19,20)/t13-/m1/s1. The molecule has 4 heteroatoms. The summed E-state index contributed by atoms with van der Waals surface area (Å²) in [6.07, 6.45) is 0. The average molecular weight is 297 g/mol. The van der Waals surface area contributed by atoms with Crippen LogP contribution in [0.4, 0.5) is 5.69 Å². The molecule has 0 aliphatic carbocycles. The summed E-state index contributed by atoms with van der Waals surface area (Å²) in [6.45, 7) is 3.87. The SMILES string of the molecule is CCOC(=O)c1ccccc1NC(=O)[C@H](C)c1ccccc1. The summed E-state index contributed by atoms with van der Waals surface area (Å²) in [6, 6.07) is 16.3. The maximum Gasteiger partial charge on any atom is 0.340 e. The van der Waals surface area contributed by atoms with Gasteiger partial charge in [0.05, 0.1) is 23.8 Å². The number of rotatable bonds is 5. The number of ether oxygens (including phenoxy) is 1. The Labute approximate surface area is 130 Å². The number of hydrogen-bond donors (Lipinski definition) is 1. The molecular weight excluding hydrogens is 278 g/mol. The van der Waals surface area contributed by atoms with Gasteiger partial charge in [0.1, 0.15) is 0 Å². The molecule has 22 heavy (non-hydrogen) atoms. The number of amides is 1. The van der Waals surface area contributed by atoms with Crippen molar-refractivity contribution >= 4 is 17.6 Å². The van der Waals surface area contributed by atoms with E-state index in [-0.39, 0.29) is 11.8 Å². The van der Waals surface area contributed by atoms with Crippen LogP contribution in [0.1, 0.15) is 35.7 Å². The lowest BCUT2D eigenvalue weighted by Crippen LogP contribution is -2.20. The minimum Gasteiger partial charge on any atom is -0.462 e. The molecule has 0 aliphatic heterocycles. The van der Waals surface area contributed by atoms with Crippen LogP contribution in [0, 0.1) is 0 Å². The molecule has 0 spiro atoms. The van der Waals surface area contributed by atoms with Gasteiger partial charge in [0.2, 0.25) is 5.91 Å². The first-order chi connectivity index (χ1) is 10.6. The van der Waals surface area contributed by atoms with Crippen molar-refractivity contribution in [2.45, 2.75) is 19.8 Å². The lowest BCUT2D eigenvalue weighted by molar-refractivity contribution is -0.117. The van der Waals surface area contributed by atoms with Gasteiger partial charge >= 0.3 is 5.97 Å². The molecule has 2 rings (SSSR count). The highest BCUT2D eigenvalue weighted by molar-refractivity contribution is 6.03. The molecule has 0 saturated heterocycles. The van der Waals surface area contributed by atoms with Crippen molar-refractivity contribution in [3.8, 4) is 0 Å². The molecule has 0 saturated carbocycles. The molecule has 0 aliphatic rings. The molecule has 0 fully saturated rings. The zero-order valence-electron chi connectivity index (χ0n) is 12.7. The highest BCUT2D eigenvalue weighted by Crippen LogP contribution is 2.20. The van der Waals surface area contributed by atoms with E-state index in [4.69, 9.17) is 4.74 Å². The number of benzene rings is 2. The van der Waals surface area contributed by atoms with Crippen molar-refractivity contribution in [1.82, 2.24) is 0 Å². The molecule has 0 bridgehead atoms. The van der Waals surface area contributed by atoms with E-state index < -0.39 is 5.97 Å². The number of para-hydroxylation sites is 1. The number of esters is 1. The lowest BCUT2D eigenvalue weighted by Gasteiger charge is -2.14. The van der Waals surface area contributed by atoms with Gasteiger partial charge in [0.25, 0.3) is 0 Å². The predicted octanol–water partition coefficient (Wildman–Crippen LogP) is 3.61. The first-order valence-corrected chi connectivity index (χ1v) is 7.25. The second-order valence-corrected chi connectivity index (χ2v) is 4.89. The second-order valence-electron chi connectivity index (χ2n) is 4.89. The van der Waals surface area contributed by atoms with Crippen molar-refractivity contribution in [1.29, 1.82) is 0 Å². The maximum atomic E-state index is 12.4. The normalized spacial score (nSPS) is 11.5.